The minimum atomic E-state index is -3.31. The third-order valence-corrected chi connectivity index (χ3v) is 6.12. The first-order valence-corrected chi connectivity index (χ1v) is 10.7. The van der Waals surface area contributed by atoms with Crippen molar-refractivity contribution >= 4 is 10.0 Å². The third kappa shape index (κ3) is 3.41. The molecule has 2 atom stereocenters. The SMILES string of the molecule is Cn1ccc(-c2cccc(C[C@@H]3NC4CC(C4)[C@@H]3NS(C)(=O)=O)c2F)n1. The van der Waals surface area contributed by atoms with Crippen molar-refractivity contribution in [3.05, 3.63) is 41.8 Å². The zero-order chi connectivity index (χ0) is 18.5. The molecule has 0 amide bonds. The number of aromatic nitrogens is 2. The van der Waals surface area contributed by atoms with Crippen LogP contribution in [0.5, 0.6) is 0 Å². The monoisotopic (exact) mass is 378 g/mol. The maximum Gasteiger partial charge on any atom is 0.209 e. The topological polar surface area (TPSA) is 76.0 Å². The Labute approximate surface area is 152 Å². The number of fused-ring (bicyclic) bond motifs is 2. The van der Waals surface area contributed by atoms with Crippen molar-refractivity contribution in [2.75, 3.05) is 6.26 Å². The summed E-state index contributed by atoms with van der Waals surface area (Å²) in [6.07, 6.45) is 5.34. The van der Waals surface area contributed by atoms with Gasteiger partial charge >= 0.3 is 0 Å². The van der Waals surface area contributed by atoms with E-state index in [-0.39, 0.29) is 17.9 Å². The first kappa shape index (κ1) is 17.6. The van der Waals surface area contributed by atoms with Gasteiger partial charge in [-0.05, 0) is 42.9 Å². The van der Waals surface area contributed by atoms with E-state index in [1.807, 2.05) is 6.07 Å². The quantitative estimate of drug-likeness (QED) is 0.826. The Hall–Kier alpha value is -1.77. The van der Waals surface area contributed by atoms with E-state index < -0.39 is 10.0 Å². The third-order valence-electron chi connectivity index (χ3n) is 5.42. The second kappa shape index (κ2) is 6.44. The molecule has 1 aliphatic carbocycles. The first-order valence-electron chi connectivity index (χ1n) is 8.81. The largest absolute Gasteiger partial charge is 0.309 e. The Morgan fingerprint density at radius 3 is 2.77 bits per heavy atom. The Balaban J connectivity index is 1.60. The number of nitrogens with zero attached hydrogens (tertiary/aromatic N) is 2. The molecule has 2 aliphatic heterocycles. The molecule has 0 radical (unpaired) electrons. The molecule has 2 N–H and O–H groups in total. The van der Waals surface area contributed by atoms with E-state index in [9.17, 15) is 8.42 Å². The van der Waals surface area contributed by atoms with Crippen LogP contribution in [-0.4, -0.2) is 42.6 Å². The smallest absolute Gasteiger partial charge is 0.209 e. The highest BCUT2D eigenvalue weighted by Crippen LogP contribution is 2.38. The summed E-state index contributed by atoms with van der Waals surface area (Å²) in [7, 11) is -1.52. The van der Waals surface area contributed by atoms with Crippen LogP contribution in [0.1, 0.15) is 18.4 Å². The lowest BCUT2D eigenvalue weighted by Gasteiger charge is -2.52. The van der Waals surface area contributed by atoms with Crippen LogP contribution in [0.3, 0.4) is 0 Å². The van der Waals surface area contributed by atoms with Crippen LogP contribution in [0.25, 0.3) is 11.3 Å². The van der Waals surface area contributed by atoms with Crippen molar-refractivity contribution in [3.63, 3.8) is 0 Å². The number of hydrogen-bond acceptors (Lipinski definition) is 4. The maximum absolute atomic E-state index is 15.1. The van der Waals surface area contributed by atoms with Crippen molar-refractivity contribution in [2.45, 2.75) is 37.4 Å². The van der Waals surface area contributed by atoms with Gasteiger partial charge in [0.2, 0.25) is 10.0 Å². The zero-order valence-corrected chi connectivity index (χ0v) is 15.6. The molecule has 26 heavy (non-hydrogen) atoms. The fourth-order valence-electron chi connectivity index (χ4n) is 4.17. The van der Waals surface area contributed by atoms with Crippen LogP contribution in [0.15, 0.2) is 30.5 Å². The Bertz CT molecular complexity index is 921. The first-order chi connectivity index (χ1) is 12.3. The lowest BCUT2D eigenvalue weighted by atomic mass is 9.68. The summed E-state index contributed by atoms with van der Waals surface area (Å²) in [6.45, 7) is 0. The highest BCUT2D eigenvalue weighted by molar-refractivity contribution is 7.88. The van der Waals surface area contributed by atoms with Gasteiger partial charge in [-0.3, -0.25) is 4.68 Å². The Morgan fingerprint density at radius 2 is 2.12 bits per heavy atom. The molecule has 6 nitrogen and oxygen atoms in total. The van der Waals surface area contributed by atoms with Gasteiger partial charge in [0.1, 0.15) is 5.82 Å². The lowest BCUT2D eigenvalue weighted by molar-refractivity contribution is 0.0809. The van der Waals surface area contributed by atoms with Gasteiger partial charge in [-0.15, -0.1) is 0 Å². The average molecular weight is 378 g/mol. The number of nitrogens with one attached hydrogen (secondary N) is 2. The molecule has 1 aromatic heterocycles. The Kier molecular flexibility index (Phi) is 4.37. The van der Waals surface area contributed by atoms with Crippen LogP contribution >= 0.6 is 0 Å². The van der Waals surface area contributed by atoms with Gasteiger partial charge in [-0.25, -0.2) is 17.5 Å². The molecule has 2 aromatic rings. The standard InChI is InChI=1S/C18H23FN4O2S/c1-23-7-6-15(21-23)14-5-3-4-11(17(14)19)10-16-18(22-26(2,24)25)12-8-13(9-12)20-16/h3-7,12-13,16,18,20,22H,8-10H2,1-2H3/t12?,13?,16-,18-/m0/s1. The van der Waals surface area contributed by atoms with Gasteiger partial charge in [0.05, 0.1) is 11.9 Å². The van der Waals surface area contributed by atoms with Crippen LogP contribution < -0.4 is 10.0 Å². The summed E-state index contributed by atoms with van der Waals surface area (Å²) in [5.74, 6) is 0.0355. The maximum atomic E-state index is 15.1. The van der Waals surface area contributed by atoms with Crippen molar-refractivity contribution in [3.8, 4) is 11.3 Å². The van der Waals surface area contributed by atoms with Gasteiger partial charge in [0, 0.05) is 36.9 Å². The molecular weight excluding hydrogens is 355 g/mol. The van der Waals surface area contributed by atoms with E-state index in [4.69, 9.17) is 0 Å². The number of sulfonamides is 1. The number of hydrogen-bond donors (Lipinski definition) is 2. The molecule has 1 saturated carbocycles. The summed E-state index contributed by atoms with van der Waals surface area (Å²) in [5.41, 5.74) is 1.64. The van der Waals surface area contributed by atoms with Gasteiger partial charge in [-0.2, -0.15) is 5.10 Å². The van der Waals surface area contributed by atoms with E-state index in [0.717, 1.165) is 12.8 Å². The number of halogens is 1. The molecule has 2 bridgehead atoms. The van der Waals surface area contributed by atoms with E-state index in [2.05, 4.69) is 15.1 Å². The Morgan fingerprint density at radius 1 is 1.35 bits per heavy atom. The normalized spacial score (nSPS) is 28.0. The second-order valence-corrected chi connectivity index (χ2v) is 9.25. The molecule has 3 aliphatic rings. The average Bonchev–Trinajstić information content (AvgIpc) is 2.94. The molecule has 1 aromatic carbocycles. The molecule has 5 rings (SSSR count). The minimum absolute atomic E-state index is 0.115. The lowest BCUT2D eigenvalue weighted by Crippen LogP contribution is -2.67. The van der Waals surface area contributed by atoms with Crippen molar-refractivity contribution < 1.29 is 12.8 Å². The summed E-state index contributed by atoms with van der Waals surface area (Å²) < 4.78 is 43.0. The summed E-state index contributed by atoms with van der Waals surface area (Å²) in [6, 6.07) is 7.18. The van der Waals surface area contributed by atoms with Gasteiger partial charge in [0.15, 0.2) is 0 Å². The predicted molar refractivity (Wildman–Crippen MR) is 97.5 cm³/mol. The van der Waals surface area contributed by atoms with Crippen molar-refractivity contribution in [2.24, 2.45) is 13.0 Å². The molecule has 0 spiro atoms. The molecule has 8 heteroatoms. The summed E-state index contributed by atoms with van der Waals surface area (Å²) >= 11 is 0. The van der Waals surface area contributed by atoms with E-state index in [0.29, 0.717) is 35.2 Å². The van der Waals surface area contributed by atoms with Crippen LogP contribution in [0, 0.1) is 11.7 Å². The zero-order valence-electron chi connectivity index (χ0n) is 14.8. The van der Waals surface area contributed by atoms with Crippen LogP contribution in [-0.2, 0) is 23.5 Å². The second-order valence-electron chi connectivity index (χ2n) is 7.47. The van der Waals surface area contributed by atoms with Gasteiger partial charge in [-0.1, -0.05) is 12.1 Å². The number of aryl methyl sites for hydroxylation is 1. The van der Waals surface area contributed by atoms with Crippen molar-refractivity contribution in [1.29, 1.82) is 0 Å². The molecule has 0 unspecified atom stereocenters. The molecule has 2 saturated heterocycles. The number of benzene rings is 1. The van der Waals surface area contributed by atoms with E-state index >= 15 is 4.39 Å². The summed E-state index contributed by atoms with van der Waals surface area (Å²) in [4.78, 5) is 0. The molecule has 3 heterocycles. The predicted octanol–water partition coefficient (Wildman–Crippen LogP) is 1.44. The fourth-order valence-corrected chi connectivity index (χ4v) is 5.02. The molecule has 140 valence electrons. The number of rotatable bonds is 5. The summed E-state index contributed by atoms with van der Waals surface area (Å²) in [5, 5.41) is 7.76. The highest BCUT2D eigenvalue weighted by atomic mass is 32.2. The minimum Gasteiger partial charge on any atom is -0.309 e. The van der Waals surface area contributed by atoms with E-state index in [1.165, 1.54) is 6.26 Å². The van der Waals surface area contributed by atoms with Crippen molar-refractivity contribution in [1.82, 2.24) is 19.8 Å². The number of piperidine rings is 2. The molecule has 3 fully saturated rings. The highest BCUT2D eigenvalue weighted by Gasteiger charge is 2.46. The van der Waals surface area contributed by atoms with Crippen LogP contribution in [0.2, 0.25) is 0 Å². The van der Waals surface area contributed by atoms with Crippen LogP contribution in [0.4, 0.5) is 4.39 Å². The van der Waals surface area contributed by atoms with Gasteiger partial charge in [0.25, 0.3) is 0 Å². The van der Waals surface area contributed by atoms with Gasteiger partial charge < -0.3 is 5.32 Å². The molecular formula is C18H23FN4O2S. The van der Waals surface area contributed by atoms with E-state index in [1.54, 1.807) is 36.1 Å². The fraction of sp³-hybridized carbons (Fsp3) is 0.500.